The van der Waals surface area contributed by atoms with Crippen molar-refractivity contribution in [3.63, 3.8) is 0 Å². The number of pyridine rings is 1. The van der Waals surface area contributed by atoms with E-state index in [-0.39, 0.29) is 18.4 Å². The average Bonchev–Trinajstić information content (AvgIpc) is 2.61. The van der Waals surface area contributed by atoms with Crippen molar-refractivity contribution < 1.29 is 14.3 Å². The van der Waals surface area contributed by atoms with Crippen LogP contribution in [0.5, 0.6) is 5.75 Å². The Morgan fingerprint density at radius 3 is 2.48 bits per heavy atom. The van der Waals surface area contributed by atoms with Crippen molar-refractivity contribution in [3.05, 3.63) is 59.4 Å². The van der Waals surface area contributed by atoms with Crippen LogP contribution in [0.4, 0.5) is 0 Å². The molecule has 0 saturated heterocycles. The van der Waals surface area contributed by atoms with Crippen molar-refractivity contribution in [3.8, 4) is 5.75 Å². The maximum absolute atomic E-state index is 11.8. The van der Waals surface area contributed by atoms with Crippen LogP contribution in [0, 0.1) is 0 Å². The minimum absolute atomic E-state index is 0.0523. The van der Waals surface area contributed by atoms with Crippen LogP contribution >= 0.6 is 11.6 Å². The highest BCUT2D eigenvalue weighted by Gasteiger charge is 2.10. The predicted molar refractivity (Wildman–Crippen MR) is 95.3 cm³/mol. The van der Waals surface area contributed by atoms with E-state index in [1.165, 1.54) is 6.92 Å². The number of aromatic nitrogens is 1. The molecule has 1 aromatic carbocycles. The second kappa shape index (κ2) is 9.64. The summed E-state index contributed by atoms with van der Waals surface area (Å²) in [5, 5.41) is 3.35. The van der Waals surface area contributed by atoms with Crippen LogP contribution in [0.1, 0.15) is 12.5 Å². The molecule has 2 rings (SSSR count). The van der Waals surface area contributed by atoms with E-state index >= 15 is 0 Å². The number of carbonyl (C=O) groups excluding carboxylic acids is 2. The van der Waals surface area contributed by atoms with Crippen LogP contribution in [0.2, 0.25) is 5.02 Å². The van der Waals surface area contributed by atoms with E-state index in [2.05, 4.69) is 10.3 Å². The first-order valence-electron chi connectivity index (χ1n) is 7.84. The normalized spacial score (nSPS) is 10.2. The summed E-state index contributed by atoms with van der Waals surface area (Å²) in [5.74, 6) is 0.272. The zero-order chi connectivity index (χ0) is 18.1. The second-order valence-electron chi connectivity index (χ2n) is 5.39. The third-order valence-electron chi connectivity index (χ3n) is 3.46. The minimum Gasteiger partial charge on any atom is -0.484 e. The Hall–Kier alpha value is -2.60. The van der Waals surface area contributed by atoms with Gasteiger partial charge < -0.3 is 15.0 Å². The maximum atomic E-state index is 11.8. The fourth-order valence-electron chi connectivity index (χ4n) is 2.12. The number of amides is 2. The first-order valence-corrected chi connectivity index (χ1v) is 8.22. The highest BCUT2D eigenvalue weighted by Crippen LogP contribution is 2.15. The summed E-state index contributed by atoms with van der Waals surface area (Å²) < 4.78 is 5.37. The van der Waals surface area contributed by atoms with Crippen LogP contribution in [0.3, 0.4) is 0 Å². The largest absolute Gasteiger partial charge is 0.484 e. The molecule has 0 saturated carbocycles. The van der Waals surface area contributed by atoms with Crippen molar-refractivity contribution in [2.45, 2.75) is 13.5 Å². The van der Waals surface area contributed by atoms with Gasteiger partial charge in [-0.25, -0.2) is 0 Å². The Balaban J connectivity index is 1.72. The van der Waals surface area contributed by atoms with E-state index in [0.29, 0.717) is 30.4 Å². The zero-order valence-corrected chi connectivity index (χ0v) is 14.7. The summed E-state index contributed by atoms with van der Waals surface area (Å²) in [6.07, 6.45) is 3.37. The lowest BCUT2D eigenvalue weighted by Crippen LogP contribution is -2.38. The van der Waals surface area contributed by atoms with Crippen LogP contribution in [-0.4, -0.2) is 41.4 Å². The standard InChI is InChI=1S/C18H20ClN3O3/c1-14(23)22(12-15-6-8-20-9-7-15)11-10-21-18(24)13-25-17-4-2-16(19)3-5-17/h2-9H,10-13H2,1H3,(H,21,24). The molecule has 0 fully saturated rings. The van der Waals surface area contributed by atoms with E-state index in [0.717, 1.165) is 5.56 Å². The van der Waals surface area contributed by atoms with Crippen molar-refractivity contribution in [2.24, 2.45) is 0 Å². The first kappa shape index (κ1) is 18.7. The van der Waals surface area contributed by atoms with Crippen LogP contribution < -0.4 is 10.1 Å². The van der Waals surface area contributed by atoms with Gasteiger partial charge in [-0.15, -0.1) is 0 Å². The second-order valence-corrected chi connectivity index (χ2v) is 5.83. The van der Waals surface area contributed by atoms with E-state index in [4.69, 9.17) is 16.3 Å². The first-order chi connectivity index (χ1) is 12.0. The highest BCUT2D eigenvalue weighted by atomic mass is 35.5. The molecule has 132 valence electrons. The molecule has 0 spiro atoms. The lowest BCUT2D eigenvalue weighted by atomic mass is 10.2. The number of carbonyl (C=O) groups is 2. The number of ether oxygens (including phenoxy) is 1. The van der Waals surface area contributed by atoms with Gasteiger partial charge in [0.05, 0.1) is 0 Å². The van der Waals surface area contributed by atoms with E-state index < -0.39 is 0 Å². The Morgan fingerprint density at radius 1 is 1.16 bits per heavy atom. The Labute approximate surface area is 151 Å². The van der Waals surface area contributed by atoms with Crippen molar-refractivity contribution in [1.82, 2.24) is 15.2 Å². The quantitative estimate of drug-likeness (QED) is 0.783. The molecule has 7 heteroatoms. The van der Waals surface area contributed by atoms with Gasteiger partial charge >= 0.3 is 0 Å². The fraction of sp³-hybridized carbons (Fsp3) is 0.278. The fourth-order valence-corrected chi connectivity index (χ4v) is 2.24. The monoisotopic (exact) mass is 361 g/mol. The maximum Gasteiger partial charge on any atom is 0.258 e. The van der Waals surface area contributed by atoms with Gasteiger partial charge in [0.1, 0.15) is 5.75 Å². The molecule has 1 N–H and O–H groups in total. The van der Waals surface area contributed by atoms with Gasteiger partial charge in [0.15, 0.2) is 6.61 Å². The van der Waals surface area contributed by atoms with Gasteiger partial charge in [-0.1, -0.05) is 11.6 Å². The summed E-state index contributed by atoms with van der Waals surface area (Å²) in [4.78, 5) is 29.2. The molecule has 2 amide bonds. The van der Waals surface area contributed by atoms with Gasteiger partial charge in [-0.2, -0.15) is 0 Å². The number of benzene rings is 1. The Morgan fingerprint density at radius 2 is 1.84 bits per heavy atom. The lowest BCUT2D eigenvalue weighted by molar-refractivity contribution is -0.130. The zero-order valence-electron chi connectivity index (χ0n) is 13.9. The molecule has 6 nitrogen and oxygen atoms in total. The summed E-state index contributed by atoms with van der Waals surface area (Å²) in [5.41, 5.74) is 0.989. The number of hydrogen-bond acceptors (Lipinski definition) is 4. The Bertz CT molecular complexity index is 692. The van der Waals surface area contributed by atoms with Gasteiger partial charge in [0.25, 0.3) is 5.91 Å². The number of nitrogens with one attached hydrogen (secondary N) is 1. The van der Waals surface area contributed by atoms with Crippen LogP contribution in [0.25, 0.3) is 0 Å². The van der Waals surface area contributed by atoms with E-state index in [1.54, 1.807) is 41.6 Å². The number of halogens is 1. The molecular formula is C18H20ClN3O3. The van der Waals surface area contributed by atoms with E-state index in [9.17, 15) is 9.59 Å². The molecule has 0 radical (unpaired) electrons. The molecule has 1 aromatic heterocycles. The van der Waals surface area contributed by atoms with Crippen LogP contribution in [-0.2, 0) is 16.1 Å². The molecular weight excluding hydrogens is 342 g/mol. The van der Waals surface area contributed by atoms with E-state index in [1.807, 2.05) is 12.1 Å². The highest BCUT2D eigenvalue weighted by molar-refractivity contribution is 6.30. The predicted octanol–water partition coefficient (Wildman–Crippen LogP) is 2.28. The molecule has 0 aliphatic rings. The summed E-state index contributed by atoms with van der Waals surface area (Å²) in [7, 11) is 0. The molecule has 0 aliphatic carbocycles. The van der Waals surface area contributed by atoms with Gasteiger partial charge in [0.2, 0.25) is 5.91 Å². The molecule has 0 atom stereocenters. The molecule has 0 aliphatic heterocycles. The summed E-state index contributed by atoms with van der Waals surface area (Å²) in [6.45, 7) is 2.67. The third-order valence-corrected chi connectivity index (χ3v) is 3.71. The molecule has 0 bridgehead atoms. The molecule has 0 unspecified atom stereocenters. The number of hydrogen-bond donors (Lipinski definition) is 1. The number of nitrogens with zero attached hydrogens (tertiary/aromatic N) is 2. The lowest BCUT2D eigenvalue weighted by Gasteiger charge is -2.21. The SMILES string of the molecule is CC(=O)N(CCNC(=O)COc1ccc(Cl)cc1)Cc1ccncc1. The molecule has 1 heterocycles. The van der Waals surface area contributed by atoms with Crippen LogP contribution in [0.15, 0.2) is 48.8 Å². The van der Waals surface area contributed by atoms with Gasteiger partial charge in [0, 0.05) is 44.0 Å². The van der Waals surface area contributed by atoms with Crippen molar-refractivity contribution in [1.29, 1.82) is 0 Å². The van der Waals surface area contributed by atoms with Crippen molar-refractivity contribution in [2.75, 3.05) is 19.7 Å². The topological polar surface area (TPSA) is 71.5 Å². The molecule has 25 heavy (non-hydrogen) atoms. The van der Waals surface area contributed by atoms with Gasteiger partial charge in [-0.05, 0) is 42.0 Å². The third kappa shape index (κ3) is 6.81. The minimum atomic E-state index is -0.248. The average molecular weight is 362 g/mol. The smallest absolute Gasteiger partial charge is 0.258 e. The summed E-state index contributed by atoms with van der Waals surface area (Å²) in [6, 6.07) is 10.5. The summed E-state index contributed by atoms with van der Waals surface area (Å²) >= 11 is 5.79. The number of rotatable bonds is 8. The molecule has 2 aromatic rings. The Kier molecular flexibility index (Phi) is 7.22. The van der Waals surface area contributed by atoms with Gasteiger partial charge in [-0.3, -0.25) is 14.6 Å². The van der Waals surface area contributed by atoms with Crippen molar-refractivity contribution >= 4 is 23.4 Å².